The minimum atomic E-state index is 0.0934. The summed E-state index contributed by atoms with van der Waals surface area (Å²) in [6, 6.07) is 4.99. The highest BCUT2D eigenvalue weighted by molar-refractivity contribution is 5.81. The highest BCUT2D eigenvalue weighted by atomic mass is 16.5. The van der Waals surface area contributed by atoms with E-state index >= 15 is 0 Å². The smallest absolute Gasteiger partial charge is 0.329 e. The summed E-state index contributed by atoms with van der Waals surface area (Å²) in [5.41, 5.74) is 6.57. The average molecular weight is 234 g/mol. The number of nitrogens with zero attached hydrogens (tertiary/aromatic N) is 1. The monoisotopic (exact) mass is 234 g/mol. The lowest BCUT2D eigenvalue weighted by Gasteiger charge is -2.02. The van der Waals surface area contributed by atoms with Gasteiger partial charge in [-0.1, -0.05) is 6.07 Å². The van der Waals surface area contributed by atoms with E-state index in [1.54, 1.807) is 36.0 Å². The number of phenolic OH excluding ortho intramolecular Hbond substituents is 1. The van der Waals surface area contributed by atoms with Crippen LogP contribution in [-0.2, 0) is 11.3 Å². The Morgan fingerprint density at radius 3 is 2.94 bits per heavy atom. The molecular weight excluding hydrogens is 218 g/mol. The first kappa shape index (κ1) is 12.8. The molecule has 90 valence electrons. The van der Waals surface area contributed by atoms with Gasteiger partial charge in [0.1, 0.15) is 19.4 Å². The van der Waals surface area contributed by atoms with E-state index in [4.69, 9.17) is 15.9 Å². The van der Waals surface area contributed by atoms with Crippen LogP contribution in [0.1, 0.15) is 11.1 Å². The van der Waals surface area contributed by atoms with Crippen LogP contribution in [0.2, 0.25) is 0 Å². The van der Waals surface area contributed by atoms with Crippen molar-refractivity contribution >= 4 is 12.6 Å². The minimum absolute atomic E-state index is 0.0934. The normalized spacial score (nSPS) is 11.7. The van der Waals surface area contributed by atoms with Crippen LogP contribution in [0.25, 0.3) is 0 Å². The minimum Gasteiger partial charge on any atom is -0.507 e. The topological polar surface area (TPSA) is 82.3 Å². The zero-order valence-corrected chi connectivity index (χ0v) is 9.63. The predicted octanol–water partition coefficient (Wildman–Crippen LogP) is 1.01. The molecule has 0 fully saturated rings. The van der Waals surface area contributed by atoms with E-state index < -0.39 is 0 Å². The summed E-state index contributed by atoms with van der Waals surface area (Å²) in [6.07, 6.45) is 5.69. The zero-order valence-electron chi connectivity index (χ0n) is 9.63. The fourth-order valence-corrected chi connectivity index (χ4v) is 1.23. The Balaban J connectivity index is 2.64. The van der Waals surface area contributed by atoms with Crippen molar-refractivity contribution < 1.29 is 14.4 Å². The molecule has 0 bridgehead atoms. The zero-order chi connectivity index (χ0) is 12.7. The molecule has 5 nitrogen and oxygen atoms in total. The van der Waals surface area contributed by atoms with Crippen LogP contribution in [-0.4, -0.2) is 29.3 Å². The van der Waals surface area contributed by atoms with E-state index in [2.05, 4.69) is 0 Å². The van der Waals surface area contributed by atoms with Gasteiger partial charge in [0.25, 0.3) is 0 Å². The fraction of sp³-hybridized carbons (Fsp3) is 0.167. The Hall–Kier alpha value is -2.30. The van der Waals surface area contributed by atoms with Crippen LogP contribution in [0, 0.1) is 5.41 Å². The van der Waals surface area contributed by atoms with Crippen molar-refractivity contribution in [3.8, 4) is 5.75 Å². The van der Waals surface area contributed by atoms with Gasteiger partial charge in [-0.3, -0.25) is 0 Å². The highest BCUT2D eigenvalue weighted by Gasteiger charge is 2.00. The average Bonchev–Trinajstić information content (AvgIpc) is 2.31. The van der Waals surface area contributed by atoms with Crippen molar-refractivity contribution in [2.75, 3.05) is 7.05 Å². The molecule has 1 aromatic rings. The van der Waals surface area contributed by atoms with E-state index in [0.717, 1.165) is 11.8 Å². The molecule has 0 aliphatic carbocycles. The van der Waals surface area contributed by atoms with E-state index in [0.29, 0.717) is 12.2 Å². The van der Waals surface area contributed by atoms with Crippen LogP contribution >= 0.6 is 0 Å². The Bertz CT molecular complexity index is 453. The molecule has 4 N–H and O–H groups in total. The maximum absolute atomic E-state index is 9.39. The molecule has 0 unspecified atom stereocenters. The van der Waals surface area contributed by atoms with Crippen LogP contribution in [0.5, 0.6) is 5.75 Å². The summed E-state index contributed by atoms with van der Waals surface area (Å²) in [5, 5.41) is 16.5. The van der Waals surface area contributed by atoms with Gasteiger partial charge < -0.3 is 21.0 Å². The van der Waals surface area contributed by atoms with Gasteiger partial charge in [0.15, 0.2) is 6.20 Å². The second-order valence-electron chi connectivity index (χ2n) is 3.46. The molecular formula is C12H16N3O2+. The third kappa shape index (κ3) is 3.98. The molecule has 0 saturated heterocycles. The summed E-state index contributed by atoms with van der Waals surface area (Å²) < 4.78 is 6.99. The van der Waals surface area contributed by atoms with Crippen molar-refractivity contribution in [2.45, 2.75) is 6.61 Å². The molecule has 1 rings (SSSR count). The first-order valence-electron chi connectivity index (χ1n) is 5.05. The molecule has 0 radical (unpaired) electrons. The molecule has 0 saturated carbocycles. The van der Waals surface area contributed by atoms with Crippen LogP contribution in [0.4, 0.5) is 0 Å². The predicted molar refractivity (Wildman–Crippen MR) is 66.4 cm³/mol. The first-order chi connectivity index (χ1) is 8.17. The summed E-state index contributed by atoms with van der Waals surface area (Å²) in [4.78, 5) is 0. The van der Waals surface area contributed by atoms with Crippen molar-refractivity contribution in [1.82, 2.24) is 0 Å². The van der Waals surface area contributed by atoms with Gasteiger partial charge in [-0.25, -0.2) is 0 Å². The Morgan fingerprint density at radius 1 is 1.53 bits per heavy atom. The third-order valence-electron chi connectivity index (χ3n) is 2.06. The fourth-order valence-electron chi connectivity index (χ4n) is 1.23. The molecule has 17 heavy (non-hydrogen) atoms. The Morgan fingerprint density at radius 2 is 2.29 bits per heavy atom. The Labute approximate surface area is 100.0 Å². The SMILES string of the molecule is C[N+](=COCc1ccc(O)c(C=N)c1)/C=C\N. The van der Waals surface area contributed by atoms with E-state index in [9.17, 15) is 5.11 Å². The van der Waals surface area contributed by atoms with Gasteiger partial charge in [0.05, 0.1) is 6.20 Å². The number of aromatic hydroxyl groups is 1. The lowest BCUT2D eigenvalue weighted by atomic mass is 10.1. The van der Waals surface area contributed by atoms with Crippen molar-refractivity contribution in [3.63, 3.8) is 0 Å². The van der Waals surface area contributed by atoms with Crippen molar-refractivity contribution in [2.24, 2.45) is 5.73 Å². The quantitative estimate of drug-likeness (QED) is 0.404. The number of rotatable bonds is 5. The maximum Gasteiger partial charge on any atom is 0.329 e. The number of hydrogen-bond donors (Lipinski definition) is 3. The lowest BCUT2D eigenvalue weighted by Crippen LogP contribution is -2.03. The molecule has 0 aliphatic rings. The second-order valence-corrected chi connectivity index (χ2v) is 3.46. The number of hydrogen-bond acceptors (Lipinski definition) is 4. The van der Waals surface area contributed by atoms with Crippen molar-refractivity contribution in [1.29, 1.82) is 5.41 Å². The molecule has 0 spiro atoms. The van der Waals surface area contributed by atoms with Gasteiger partial charge in [0.2, 0.25) is 0 Å². The van der Waals surface area contributed by atoms with Gasteiger partial charge in [-0.15, -0.1) is 0 Å². The van der Waals surface area contributed by atoms with Gasteiger partial charge in [-0.2, -0.15) is 4.58 Å². The number of nitrogens with one attached hydrogen (secondary N) is 1. The summed E-state index contributed by atoms with van der Waals surface area (Å²) in [6.45, 7) is 0.365. The first-order valence-corrected chi connectivity index (χ1v) is 5.05. The van der Waals surface area contributed by atoms with Crippen LogP contribution in [0.15, 0.2) is 30.6 Å². The van der Waals surface area contributed by atoms with Crippen molar-refractivity contribution in [3.05, 3.63) is 41.7 Å². The van der Waals surface area contributed by atoms with Gasteiger partial charge >= 0.3 is 6.40 Å². The Kier molecular flexibility index (Phi) is 4.75. The summed E-state index contributed by atoms with van der Waals surface area (Å²) in [7, 11) is 1.79. The molecule has 0 aromatic heterocycles. The molecule has 0 aliphatic heterocycles. The largest absolute Gasteiger partial charge is 0.507 e. The van der Waals surface area contributed by atoms with Crippen LogP contribution < -0.4 is 5.73 Å². The number of ether oxygens (including phenoxy) is 1. The number of phenols is 1. The molecule has 5 heteroatoms. The summed E-state index contributed by atoms with van der Waals surface area (Å²) >= 11 is 0. The highest BCUT2D eigenvalue weighted by Crippen LogP contribution is 2.16. The molecule has 0 amide bonds. The van der Waals surface area contributed by atoms with Crippen LogP contribution in [0.3, 0.4) is 0 Å². The van der Waals surface area contributed by atoms with E-state index in [1.165, 1.54) is 12.6 Å². The number of benzene rings is 1. The lowest BCUT2D eigenvalue weighted by molar-refractivity contribution is -0.427. The van der Waals surface area contributed by atoms with E-state index in [-0.39, 0.29) is 5.75 Å². The van der Waals surface area contributed by atoms with Gasteiger partial charge in [0, 0.05) is 11.8 Å². The van der Waals surface area contributed by atoms with Gasteiger partial charge in [-0.05, 0) is 17.7 Å². The third-order valence-corrected chi connectivity index (χ3v) is 2.06. The molecule has 0 atom stereocenters. The summed E-state index contributed by atoms with van der Waals surface area (Å²) in [5.74, 6) is 0.0934. The number of nitrogens with two attached hydrogens (primary N) is 1. The van der Waals surface area contributed by atoms with E-state index in [1.807, 2.05) is 0 Å². The standard InChI is InChI=1S/C12H15N3O2/c1-15(5-4-13)9-17-8-10-2-3-12(16)11(6-10)7-14/h2-7,9H,8,13H2,1H3,(H-,14,16)/p+1/b5-4-,15-9?. The molecule has 0 heterocycles. The maximum atomic E-state index is 9.39. The molecule has 1 aromatic carbocycles. The second kappa shape index (κ2) is 6.32.